The molecule has 1 aliphatic carbocycles. The summed E-state index contributed by atoms with van der Waals surface area (Å²) in [4.78, 5) is 40.7. The number of likely N-dealkylation sites (tertiary alicyclic amines) is 1. The van der Waals surface area contributed by atoms with Gasteiger partial charge in [0, 0.05) is 18.3 Å². The largest absolute Gasteiger partial charge is 0.495 e. The Labute approximate surface area is 261 Å². The van der Waals surface area contributed by atoms with Crippen molar-refractivity contribution in [1.82, 2.24) is 25.2 Å². The molecule has 0 unspecified atom stereocenters. The molecule has 3 aromatic rings. The summed E-state index contributed by atoms with van der Waals surface area (Å²) in [5.74, 6) is -3.45. The molecule has 0 atom stereocenters. The van der Waals surface area contributed by atoms with Crippen molar-refractivity contribution < 1.29 is 41.5 Å². The van der Waals surface area contributed by atoms with Crippen LogP contribution in [0.1, 0.15) is 57.5 Å². The number of carbonyl (C=O) groups is 2. The number of ether oxygens (including phenoxy) is 2. The molecular weight excluding hydrogens is 612 g/mol. The van der Waals surface area contributed by atoms with Gasteiger partial charge in [0.25, 0.3) is 11.8 Å². The molecule has 15 heteroatoms. The molecule has 1 aromatic heterocycles. The second-order valence-corrected chi connectivity index (χ2v) is 11.9. The number of methoxy groups -OCH3 is 1. The fourth-order valence-corrected chi connectivity index (χ4v) is 6.30. The summed E-state index contributed by atoms with van der Waals surface area (Å²) in [6, 6.07) is 6.62. The summed E-state index contributed by atoms with van der Waals surface area (Å²) in [5, 5.41) is 6.60. The first-order valence-electron chi connectivity index (χ1n) is 14.6. The Hall–Kier alpha value is -4.50. The van der Waals surface area contributed by atoms with E-state index in [1.54, 1.807) is 6.07 Å². The van der Waals surface area contributed by atoms with E-state index in [4.69, 9.17) is 14.3 Å². The number of hydrogen-bond donors (Lipinski definition) is 2. The van der Waals surface area contributed by atoms with Gasteiger partial charge in [-0.2, -0.15) is 18.2 Å². The van der Waals surface area contributed by atoms with Crippen LogP contribution in [0.3, 0.4) is 0 Å². The zero-order valence-electron chi connectivity index (χ0n) is 25.3. The second-order valence-electron chi connectivity index (χ2n) is 11.9. The SMILES string of the molecule is COc1cc(C(=O)NC2CC3(CCN(C)CC3)C2)c(F)cc1Nc1ncc(C(F)(F)F)c(Oc2cccc3c2C(=O)N(OC)C3)n1. The number of rotatable bonds is 8. The van der Waals surface area contributed by atoms with Crippen molar-refractivity contribution >= 4 is 23.5 Å². The molecule has 2 aromatic carbocycles. The molecule has 2 aliphatic heterocycles. The summed E-state index contributed by atoms with van der Waals surface area (Å²) in [7, 11) is 4.68. The fourth-order valence-electron chi connectivity index (χ4n) is 6.30. The molecule has 1 saturated heterocycles. The summed E-state index contributed by atoms with van der Waals surface area (Å²) in [6.07, 6.45) is -0.584. The van der Waals surface area contributed by atoms with Gasteiger partial charge in [-0.05, 0) is 68.9 Å². The van der Waals surface area contributed by atoms with Crippen molar-refractivity contribution in [2.24, 2.45) is 5.41 Å². The number of alkyl halides is 3. The Morgan fingerprint density at radius 1 is 1.11 bits per heavy atom. The molecular formula is C31H32F4N6O5. The van der Waals surface area contributed by atoms with Crippen LogP contribution in [0.2, 0.25) is 0 Å². The zero-order chi connectivity index (χ0) is 32.8. The van der Waals surface area contributed by atoms with Gasteiger partial charge in [0.2, 0.25) is 11.8 Å². The number of anilines is 2. The van der Waals surface area contributed by atoms with Gasteiger partial charge in [-0.3, -0.25) is 14.4 Å². The van der Waals surface area contributed by atoms with Crippen molar-refractivity contribution in [2.45, 2.75) is 44.4 Å². The molecule has 2 N–H and O–H groups in total. The van der Waals surface area contributed by atoms with Gasteiger partial charge in [0.1, 0.15) is 22.9 Å². The normalized spacial score (nSPS) is 17.9. The second kappa shape index (κ2) is 12.0. The smallest absolute Gasteiger partial charge is 0.423 e. The average molecular weight is 645 g/mol. The number of aromatic nitrogens is 2. The molecule has 1 saturated carbocycles. The van der Waals surface area contributed by atoms with Crippen molar-refractivity contribution in [3.63, 3.8) is 0 Å². The first kappa shape index (κ1) is 31.5. The maximum atomic E-state index is 15.3. The van der Waals surface area contributed by atoms with Crippen molar-refractivity contribution in [3.05, 3.63) is 64.6 Å². The number of fused-ring (bicyclic) bond motifs is 1. The van der Waals surface area contributed by atoms with Crippen molar-refractivity contribution in [3.8, 4) is 17.4 Å². The van der Waals surface area contributed by atoms with E-state index < -0.39 is 35.3 Å². The van der Waals surface area contributed by atoms with Crippen LogP contribution >= 0.6 is 0 Å². The van der Waals surface area contributed by atoms with Gasteiger partial charge in [-0.25, -0.2) is 14.4 Å². The van der Waals surface area contributed by atoms with Gasteiger partial charge in [-0.15, -0.1) is 0 Å². The van der Waals surface area contributed by atoms with Gasteiger partial charge in [-0.1, -0.05) is 12.1 Å². The highest BCUT2D eigenvalue weighted by Gasteiger charge is 2.46. The molecule has 0 radical (unpaired) electrons. The molecule has 11 nitrogen and oxygen atoms in total. The van der Waals surface area contributed by atoms with Crippen LogP contribution in [-0.2, 0) is 17.6 Å². The third-order valence-corrected chi connectivity index (χ3v) is 8.88. The quantitative estimate of drug-likeness (QED) is 0.315. The molecule has 2 fully saturated rings. The Morgan fingerprint density at radius 2 is 1.85 bits per heavy atom. The Bertz CT molecular complexity index is 1670. The molecule has 1 spiro atoms. The Morgan fingerprint density at radius 3 is 2.52 bits per heavy atom. The standard InChI is InChI=1S/C31H32F4N6O5/c1-40-9-7-30(8-10-40)13-18(14-30)37-26(42)19-11-24(44-2)22(12-21(19)32)38-29-36-15-20(31(33,34)35)27(39-29)46-23-6-4-5-17-16-41(45-3)28(43)25(17)23/h4-6,11-12,15,18H,7-10,13-14,16H2,1-3H3,(H,37,42)(H,36,38,39). The number of halogens is 4. The lowest BCUT2D eigenvalue weighted by Crippen LogP contribution is -2.54. The first-order valence-corrected chi connectivity index (χ1v) is 14.6. The summed E-state index contributed by atoms with van der Waals surface area (Å²) in [5.41, 5.74) is -0.828. The number of hydrogen-bond acceptors (Lipinski definition) is 9. The monoisotopic (exact) mass is 644 g/mol. The van der Waals surface area contributed by atoms with Gasteiger partial charge in [0.15, 0.2) is 0 Å². The highest BCUT2D eigenvalue weighted by molar-refractivity contribution is 6.00. The van der Waals surface area contributed by atoms with Crippen molar-refractivity contribution in [2.75, 3.05) is 39.7 Å². The number of benzene rings is 2. The third kappa shape index (κ3) is 6.03. The maximum absolute atomic E-state index is 15.3. The molecule has 0 bridgehead atoms. The zero-order valence-corrected chi connectivity index (χ0v) is 25.3. The van der Waals surface area contributed by atoms with Gasteiger partial charge in [0.05, 0.1) is 37.6 Å². The van der Waals surface area contributed by atoms with Crippen LogP contribution in [-0.4, -0.2) is 72.1 Å². The summed E-state index contributed by atoms with van der Waals surface area (Å²) in [6.45, 7) is 2.11. The van der Waals surface area contributed by atoms with E-state index >= 15 is 4.39 Å². The topological polar surface area (TPSA) is 118 Å². The number of nitrogens with one attached hydrogen (secondary N) is 2. The van der Waals surface area contributed by atoms with E-state index in [0.29, 0.717) is 11.8 Å². The predicted octanol–water partition coefficient (Wildman–Crippen LogP) is 5.30. The minimum Gasteiger partial charge on any atom is -0.495 e. The minimum absolute atomic E-state index is 0.0315. The average Bonchev–Trinajstić information content (AvgIpc) is 3.33. The van der Waals surface area contributed by atoms with E-state index in [0.717, 1.165) is 49.9 Å². The van der Waals surface area contributed by atoms with Crippen LogP contribution in [0.5, 0.6) is 17.4 Å². The van der Waals surface area contributed by atoms with E-state index in [9.17, 15) is 22.8 Å². The lowest BCUT2D eigenvalue weighted by atomic mass is 9.60. The minimum atomic E-state index is -4.90. The van der Waals surface area contributed by atoms with Crippen LogP contribution in [0.4, 0.5) is 29.2 Å². The third-order valence-electron chi connectivity index (χ3n) is 8.88. The lowest BCUT2D eigenvalue weighted by molar-refractivity contribution is -0.139. The van der Waals surface area contributed by atoms with E-state index in [1.807, 2.05) is 0 Å². The van der Waals surface area contributed by atoms with Crippen LogP contribution in [0, 0.1) is 11.2 Å². The molecule has 244 valence electrons. The lowest BCUT2D eigenvalue weighted by Gasteiger charge is -2.52. The predicted molar refractivity (Wildman–Crippen MR) is 156 cm³/mol. The van der Waals surface area contributed by atoms with Crippen LogP contribution < -0.4 is 20.1 Å². The molecule has 2 amide bonds. The highest BCUT2D eigenvalue weighted by atomic mass is 19.4. The van der Waals surface area contributed by atoms with Gasteiger partial charge < -0.3 is 25.0 Å². The number of amides is 2. The number of piperidine rings is 1. The first-order chi connectivity index (χ1) is 21.9. The van der Waals surface area contributed by atoms with Crippen molar-refractivity contribution in [1.29, 1.82) is 0 Å². The molecule has 46 heavy (non-hydrogen) atoms. The fraction of sp³-hybridized carbons (Fsp3) is 0.419. The van der Waals surface area contributed by atoms with E-state index in [2.05, 4.69) is 32.5 Å². The molecule has 6 rings (SSSR count). The Balaban J connectivity index is 1.22. The Kier molecular flexibility index (Phi) is 8.23. The van der Waals surface area contributed by atoms with E-state index in [-0.39, 0.29) is 52.3 Å². The summed E-state index contributed by atoms with van der Waals surface area (Å²) < 4.78 is 68.0. The van der Waals surface area contributed by atoms with Crippen LogP contribution in [0.25, 0.3) is 0 Å². The maximum Gasteiger partial charge on any atom is 0.423 e. The highest BCUT2D eigenvalue weighted by Crippen LogP contribution is 2.49. The van der Waals surface area contributed by atoms with Gasteiger partial charge >= 0.3 is 6.18 Å². The number of carbonyl (C=O) groups excluding carboxylic acids is 2. The number of nitrogens with zero attached hydrogens (tertiary/aromatic N) is 4. The molecule has 3 heterocycles. The molecule has 3 aliphatic rings. The number of hydroxylamine groups is 2. The summed E-state index contributed by atoms with van der Waals surface area (Å²) >= 11 is 0. The van der Waals surface area contributed by atoms with Crippen LogP contribution in [0.15, 0.2) is 36.5 Å². The van der Waals surface area contributed by atoms with E-state index in [1.165, 1.54) is 32.4 Å².